The minimum Gasteiger partial charge on any atom is -0.492 e. The van der Waals surface area contributed by atoms with Crippen LogP contribution in [0.25, 0.3) is 10.9 Å². The lowest BCUT2D eigenvalue weighted by Gasteiger charge is -2.08. The van der Waals surface area contributed by atoms with Gasteiger partial charge in [0.05, 0.1) is 38.0 Å². The summed E-state index contributed by atoms with van der Waals surface area (Å²) in [5.74, 6) is 0.618. The number of nitrogen functional groups attached to an aromatic ring is 1. The number of nitriles is 1. The Bertz CT molecular complexity index is 553. The van der Waals surface area contributed by atoms with E-state index in [-0.39, 0.29) is 0 Å². The molecule has 82 valence electrons. The van der Waals surface area contributed by atoms with Crippen LogP contribution in [0.3, 0.4) is 0 Å². The zero-order valence-electron chi connectivity index (χ0n) is 8.97. The van der Waals surface area contributed by atoms with Gasteiger partial charge in [0.1, 0.15) is 5.52 Å². The van der Waals surface area contributed by atoms with Gasteiger partial charge in [-0.3, -0.25) is 4.68 Å². The highest BCUT2D eigenvalue weighted by molar-refractivity contribution is 5.89. The molecule has 1 heterocycles. The highest BCUT2D eigenvalue weighted by atomic mass is 16.5. The van der Waals surface area contributed by atoms with Crippen molar-refractivity contribution in [2.45, 2.75) is 13.0 Å². The average molecular weight is 216 g/mol. The number of hydrogen-bond donors (Lipinski definition) is 1. The van der Waals surface area contributed by atoms with Crippen LogP contribution in [0.1, 0.15) is 6.42 Å². The van der Waals surface area contributed by atoms with Gasteiger partial charge in [-0.2, -0.15) is 10.4 Å². The lowest BCUT2D eigenvalue weighted by Crippen LogP contribution is -2.02. The Hall–Kier alpha value is -2.22. The third-order valence-electron chi connectivity index (χ3n) is 2.43. The number of fused-ring (bicyclic) bond motifs is 1. The molecular weight excluding hydrogens is 204 g/mol. The van der Waals surface area contributed by atoms with Crippen molar-refractivity contribution in [1.29, 1.82) is 5.26 Å². The Kier molecular flexibility index (Phi) is 2.64. The molecule has 0 fully saturated rings. The molecule has 0 atom stereocenters. The van der Waals surface area contributed by atoms with E-state index in [4.69, 9.17) is 15.7 Å². The second-order valence-corrected chi connectivity index (χ2v) is 3.40. The summed E-state index contributed by atoms with van der Waals surface area (Å²) in [5.41, 5.74) is 7.25. The molecule has 0 saturated heterocycles. The quantitative estimate of drug-likeness (QED) is 0.789. The number of anilines is 1. The van der Waals surface area contributed by atoms with Gasteiger partial charge in [0.2, 0.25) is 0 Å². The Morgan fingerprint density at radius 2 is 2.38 bits per heavy atom. The monoisotopic (exact) mass is 216 g/mol. The van der Waals surface area contributed by atoms with Crippen LogP contribution in [0, 0.1) is 11.3 Å². The second-order valence-electron chi connectivity index (χ2n) is 3.40. The normalized spacial score (nSPS) is 10.2. The van der Waals surface area contributed by atoms with Crippen LogP contribution in [0.2, 0.25) is 0 Å². The first kappa shape index (κ1) is 10.3. The number of nitrogens with zero attached hydrogens (tertiary/aromatic N) is 3. The minimum atomic E-state index is 0.411. The van der Waals surface area contributed by atoms with Gasteiger partial charge in [0.15, 0.2) is 5.75 Å². The number of aryl methyl sites for hydroxylation is 1. The van der Waals surface area contributed by atoms with Crippen LogP contribution < -0.4 is 10.5 Å². The van der Waals surface area contributed by atoms with Crippen molar-refractivity contribution >= 4 is 16.6 Å². The molecule has 0 spiro atoms. The van der Waals surface area contributed by atoms with E-state index in [0.29, 0.717) is 24.4 Å². The maximum absolute atomic E-state index is 8.57. The first-order valence-corrected chi connectivity index (χ1v) is 4.93. The number of aromatic nitrogens is 2. The van der Waals surface area contributed by atoms with Crippen LogP contribution in [-0.2, 0) is 6.54 Å². The standard InChI is InChI=1S/C11H12N4O/c1-16-11-9(13)4-3-8-7-14-15(10(8)11)6-2-5-12/h3-4,7H,2,6,13H2,1H3. The van der Waals surface area contributed by atoms with Crippen molar-refractivity contribution in [3.8, 4) is 11.8 Å². The summed E-state index contributed by atoms with van der Waals surface area (Å²) in [5, 5.41) is 13.7. The Morgan fingerprint density at radius 3 is 3.06 bits per heavy atom. The topological polar surface area (TPSA) is 76.9 Å². The first-order chi connectivity index (χ1) is 7.77. The third kappa shape index (κ3) is 1.54. The molecule has 0 unspecified atom stereocenters. The Morgan fingerprint density at radius 1 is 1.56 bits per heavy atom. The van der Waals surface area contributed by atoms with E-state index < -0.39 is 0 Å². The maximum atomic E-state index is 8.57. The largest absolute Gasteiger partial charge is 0.492 e. The summed E-state index contributed by atoms with van der Waals surface area (Å²) in [6, 6.07) is 5.77. The lowest BCUT2D eigenvalue weighted by atomic mass is 10.2. The molecule has 0 amide bonds. The SMILES string of the molecule is COc1c(N)ccc2cnn(CCC#N)c12. The van der Waals surface area contributed by atoms with Crippen molar-refractivity contribution in [3.63, 3.8) is 0 Å². The summed E-state index contributed by atoms with van der Waals surface area (Å²) < 4.78 is 7.01. The van der Waals surface area contributed by atoms with Gasteiger partial charge in [-0.05, 0) is 12.1 Å². The maximum Gasteiger partial charge on any atom is 0.167 e. The van der Waals surface area contributed by atoms with Crippen LogP contribution >= 0.6 is 0 Å². The minimum absolute atomic E-state index is 0.411. The fraction of sp³-hybridized carbons (Fsp3) is 0.273. The molecule has 0 bridgehead atoms. The molecule has 0 aliphatic carbocycles. The number of ether oxygens (including phenoxy) is 1. The van der Waals surface area contributed by atoms with Crippen LogP contribution in [0.5, 0.6) is 5.75 Å². The summed E-state index contributed by atoms with van der Waals surface area (Å²) in [6.07, 6.45) is 2.16. The molecule has 1 aromatic carbocycles. The molecule has 16 heavy (non-hydrogen) atoms. The van der Waals surface area contributed by atoms with E-state index in [1.807, 2.05) is 6.07 Å². The molecule has 5 heteroatoms. The van der Waals surface area contributed by atoms with Crippen LogP contribution in [0.15, 0.2) is 18.3 Å². The van der Waals surface area contributed by atoms with Gasteiger partial charge in [-0.15, -0.1) is 0 Å². The predicted molar refractivity (Wildman–Crippen MR) is 60.9 cm³/mol. The summed E-state index contributed by atoms with van der Waals surface area (Å²) in [6.45, 7) is 0.541. The van der Waals surface area contributed by atoms with Crippen LogP contribution in [0.4, 0.5) is 5.69 Å². The molecule has 5 nitrogen and oxygen atoms in total. The fourth-order valence-electron chi connectivity index (χ4n) is 1.70. The molecule has 2 rings (SSSR count). The van der Waals surface area contributed by atoms with Gasteiger partial charge in [0.25, 0.3) is 0 Å². The molecule has 0 saturated carbocycles. The Balaban J connectivity index is 2.59. The van der Waals surface area contributed by atoms with Crippen molar-refractivity contribution < 1.29 is 4.74 Å². The zero-order chi connectivity index (χ0) is 11.5. The number of benzene rings is 1. The van der Waals surface area contributed by atoms with E-state index in [9.17, 15) is 0 Å². The molecular formula is C11H12N4O. The van der Waals surface area contributed by atoms with Gasteiger partial charge >= 0.3 is 0 Å². The fourth-order valence-corrected chi connectivity index (χ4v) is 1.70. The smallest absolute Gasteiger partial charge is 0.167 e. The third-order valence-corrected chi connectivity index (χ3v) is 2.43. The highest BCUT2D eigenvalue weighted by Gasteiger charge is 2.11. The highest BCUT2D eigenvalue weighted by Crippen LogP contribution is 2.31. The molecule has 0 aliphatic heterocycles. The van der Waals surface area contributed by atoms with Crippen molar-refractivity contribution in [2.75, 3.05) is 12.8 Å². The van der Waals surface area contributed by atoms with Crippen LogP contribution in [-0.4, -0.2) is 16.9 Å². The zero-order valence-corrected chi connectivity index (χ0v) is 8.97. The van der Waals surface area contributed by atoms with Gasteiger partial charge in [-0.25, -0.2) is 0 Å². The van der Waals surface area contributed by atoms with E-state index >= 15 is 0 Å². The van der Waals surface area contributed by atoms with Crippen molar-refractivity contribution in [2.24, 2.45) is 0 Å². The molecule has 0 radical (unpaired) electrons. The van der Waals surface area contributed by atoms with Gasteiger partial charge in [-0.1, -0.05) is 0 Å². The molecule has 2 N–H and O–H groups in total. The second kappa shape index (κ2) is 4.11. The van der Waals surface area contributed by atoms with E-state index in [2.05, 4.69) is 11.2 Å². The summed E-state index contributed by atoms with van der Waals surface area (Å²) >= 11 is 0. The number of nitrogens with two attached hydrogens (primary N) is 1. The summed E-state index contributed by atoms with van der Waals surface area (Å²) in [7, 11) is 1.58. The van der Waals surface area contributed by atoms with E-state index in [1.165, 1.54) is 0 Å². The van der Waals surface area contributed by atoms with Crippen molar-refractivity contribution in [3.05, 3.63) is 18.3 Å². The number of methoxy groups -OCH3 is 1. The number of hydrogen-bond acceptors (Lipinski definition) is 4. The molecule has 0 aliphatic rings. The van der Waals surface area contributed by atoms with E-state index in [1.54, 1.807) is 24.1 Å². The Labute approximate surface area is 93.0 Å². The van der Waals surface area contributed by atoms with E-state index in [0.717, 1.165) is 10.9 Å². The molecule has 2 aromatic rings. The first-order valence-electron chi connectivity index (χ1n) is 4.93. The summed E-state index contributed by atoms with van der Waals surface area (Å²) in [4.78, 5) is 0. The lowest BCUT2D eigenvalue weighted by molar-refractivity contribution is 0.418. The van der Waals surface area contributed by atoms with Crippen molar-refractivity contribution in [1.82, 2.24) is 9.78 Å². The van der Waals surface area contributed by atoms with Gasteiger partial charge in [0, 0.05) is 5.39 Å². The number of rotatable bonds is 3. The van der Waals surface area contributed by atoms with Gasteiger partial charge < -0.3 is 10.5 Å². The predicted octanol–water partition coefficient (Wildman–Crippen LogP) is 1.54. The average Bonchev–Trinajstić information content (AvgIpc) is 2.70. The molecule has 1 aromatic heterocycles.